The van der Waals surface area contributed by atoms with Gasteiger partial charge in [0.1, 0.15) is 24.8 Å². The Morgan fingerprint density at radius 1 is 1.00 bits per heavy atom. The van der Waals surface area contributed by atoms with Crippen LogP contribution in [0.3, 0.4) is 0 Å². The lowest BCUT2D eigenvalue weighted by atomic mass is 10.2. The second kappa shape index (κ2) is 9.62. The summed E-state index contributed by atoms with van der Waals surface area (Å²) in [4.78, 5) is 16.0. The number of hydrogen-bond donors (Lipinski definition) is 0. The molecule has 2 aliphatic rings. The Bertz CT molecular complexity index is 1140. The first-order valence-electron chi connectivity index (χ1n) is 10.5. The minimum absolute atomic E-state index is 0.0335. The van der Waals surface area contributed by atoms with Gasteiger partial charge >= 0.3 is 0 Å². The molecule has 2 aromatic rings. The highest BCUT2D eigenvalue weighted by molar-refractivity contribution is 7.89. The Morgan fingerprint density at radius 2 is 1.70 bits per heavy atom. The molecule has 33 heavy (non-hydrogen) atoms. The number of piperazine rings is 1. The van der Waals surface area contributed by atoms with Crippen molar-refractivity contribution in [1.82, 2.24) is 14.1 Å². The first-order chi connectivity index (χ1) is 15.7. The number of fused-ring (bicyclic) bond motifs is 1. The maximum absolute atomic E-state index is 13.9. The molecule has 0 atom stereocenters. The summed E-state index contributed by atoms with van der Waals surface area (Å²) >= 11 is 0. The van der Waals surface area contributed by atoms with E-state index >= 15 is 0 Å². The second-order valence-electron chi connectivity index (χ2n) is 8.00. The maximum Gasteiger partial charge on any atom is 0.243 e. The van der Waals surface area contributed by atoms with Gasteiger partial charge in [-0.2, -0.15) is 4.31 Å². The van der Waals surface area contributed by atoms with E-state index in [4.69, 9.17) is 9.47 Å². The molecule has 2 heterocycles. The predicted octanol–water partition coefficient (Wildman–Crippen LogP) is 1.70. The summed E-state index contributed by atoms with van der Waals surface area (Å²) < 4.78 is 65.3. The van der Waals surface area contributed by atoms with Crippen LogP contribution in [0.1, 0.15) is 5.56 Å². The van der Waals surface area contributed by atoms with Crippen molar-refractivity contribution in [1.29, 1.82) is 0 Å². The molecule has 0 N–H and O–H groups in total. The maximum atomic E-state index is 13.9. The third kappa shape index (κ3) is 5.26. The number of ether oxygens (including phenoxy) is 2. The molecule has 2 aromatic carbocycles. The molecule has 1 amide bonds. The summed E-state index contributed by atoms with van der Waals surface area (Å²) in [6.45, 7) is 1.80. The number of likely N-dealkylation sites (N-methyl/N-ethyl adjacent to an activating group) is 1. The second-order valence-corrected chi connectivity index (χ2v) is 9.94. The molecule has 0 aliphatic carbocycles. The molecule has 178 valence electrons. The predicted molar refractivity (Wildman–Crippen MR) is 115 cm³/mol. The van der Waals surface area contributed by atoms with Crippen molar-refractivity contribution in [2.24, 2.45) is 0 Å². The lowest BCUT2D eigenvalue weighted by molar-refractivity contribution is -0.133. The molecule has 1 fully saturated rings. The summed E-state index contributed by atoms with van der Waals surface area (Å²) in [5.41, 5.74) is 0.294. The molecule has 0 saturated carbocycles. The molecule has 0 radical (unpaired) electrons. The van der Waals surface area contributed by atoms with E-state index in [0.29, 0.717) is 30.3 Å². The highest BCUT2D eigenvalue weighted by Gasteiger charge is 2.31. The highest BCUT2D eigenvalue weighted by Crippen LogP contribution is 2.33. The Morgan fingerprint density at radius 3 is 2.39 bits per heavy atom. The van der Waals surface area contributed by atoms with E-state index in [0.717, 1.165) is 6.07 Å². The van der Waals surface area contributed by atoms with E-state index in [1.54, 1.807) is 22.9 Å². The van der Waals surface area contributed by atoms with Crippen molar-refractivity contribution in [2.45, 2.75) is 11.4 Å². The average molecular weight is 482 g/mol. The number of carbonyl (C=O) groups excluding carboxylic acids is 1. The van der Waals surface area contributed by atoms with Gasteiger partial charge in [0.2, 0.25) is 15.9 Å². The van der Waals surface area contributed by atoms with E-state index < -0.39 is 21.7 Å². The third-order valence-electron chi connectivity index (χ3n) is 5.60. The van der Waals surface area contributed by atoms with Gasteiger partial charge in [-0.3, -0.25) is 9.69 Å². The number of rotatable bonds is 6. The van der Waals surface area contributed by atoms with Crippen LogP contribution in [0.5, 0.6) is 11.5 Å². The Labute approximate surface area is 191 Å². The van der Waals surface area contributed by atoms with Crippen molar-refractivity contribution in [3.63, 3.8) is 0 Å². The quantitative estimate of drug-likeness (QED) is 0.625. The number of hydrogen-bond acceptors (Lipinski definition) is 6. The fourth-order valence-corrected chi connectivity index (χ4v) is 5.28. The minimum atomic E-state index is -3.74. The van der Waals surface area contributed by atoms with Gasteiger partial charge in [-0.15, -0.1) is 0 Å². The van der Waals surface area contributed by atoms with Gasteiger partial charge in [-0.1, -0.05) is 6.07 Å². The van der Waals surface area contributed by atoms with Crippen LogP contribution >= 0.6 is 0 Å². The number of nitrogens with zero attached hydrogens (tertiary/aromatic N) is 3. The molecule has 4 rings (SSSR count). The van der Waals surface area contributed by atoms with Crippen molar-refractivity contribution < 1.29 is 31.5 Å². The Hall–Kier alpha value is -2.76. The van der Waals surface area contributed by atoms with Crippen molar-refractivity contribution in [3.8, 4) is 11.5 Å². The molecule has 11 heteroatoms. The first kappa shape index (κ1) is 23.4. The van der Waals surface area contributed by atoms with Crippen LogP contribution in [0.15, 0.2) is 41.3 Å². The standard InChI is InChI=1S/C22H25F2N3O5S/c1-25(14-16-2-3-17(23)12-19(16)24)15-22(28)26-6-8-27(9-7-26)33(29,30)18-4-5-20-21(13-18)32-11-10-31-20/h2-5,12-13H,6-11,14-15H2,1H3. The van der Waals surface area contributed by atoms with Crippen molar-refractivity contribution in [3.05, 3.63) is 53.6 Å². The first-order valence-corrected chi connectivity index (χ1v) is 12.0. The van der Waals surface area contributed by atoms with E-state index in [1.165, 1.54) is 28.6 Å². The summed E-state index contributed by atoms with van der Waals surface area (Å²) in [6.07, 6.45) is 0. The smallest absolute Gasteiger partial charge is 0.243 e. The van der Waals surface area contributed by atoms with Gasteiger partial charge in [-0.05, 0) is 25.2 Å². The Kier molecular flexibility index (Phi) is 6.82. The molecule has 2 aliphatic heterocycles. The number of halogens is 2. The number of carbonyl (C=O) groups is 1. The molecular weight excluding hydrogens is 456 g/mol. The summed E-state index contributed by atoms with van der Waals surface area (Å²) in [5.74, 6) is -0.584. The molecule has 8 nitrogen and oxygen atoms in total. The highest BCUT2D eigenvalue weighted by atomic mass is 32.2. The van der Waals surface area contributed by atoms with Gasteiger partial charge in [0.25, 0.3) is 0 Å². The largest absolute Gasteiger partial charge is 0.486 e. The van der Waals surface area contributed by atoms with Gasteiger partial charge in [-0.25, -0.2) is 17.2 Å². The third-order valence-corrected chi connectivity index (χ3v) is 7.50. The van der Waals surface area contributed by atoms with Gasteiger partial charge in [0, 0.05) is 50.4 Å². The summed E-state index contributed by atoms with van der Waals surface area (Å²) in [6, 6.07) is 7.88. The lowest BCUT2D eigenvalue weighted by Gasteiger charge is -2.35. The fourth-order valence-electron chi connectivity index (χ4n) is 3.84. The molecule has 0 aromatic heterocycles. The van der Waals surface area contributed by atoms with Crippen molar-refractivity contribution in [2.75, 3.05) is 53.0 Å². The molecule has 0 spiro atoms. The number of benzene rings is 2. The van der Waals surface area contributed by atoms with Gasteiger partial charge in [0.15, 0.2) is 11.5 Å². The van der Waals surface area contributed by atoms with Gasteiger partial charge < -0.3 is 14.4 Å². The van der Waals surface area contributed by atoms with Crippen LogP contribution in [0, 0.1) is 11.6 Å². The normalized spacial score (nSPS) is 16.8. The van der Waals surface area contributed by atoms with Crippen LogP contribution in [0.25, 0.3) is 0 Å². The van der Waals surface area contributed by atoms with Crippen LogP contribution < -0.4 is 9.47 Å². The molecule has 0 bridgehead atoms. The number of sulfonamides is 1. The van der Waals surface area contributed by atoms with E-state index in [1.807, 2.05) is 0 Å². The van der Waals surface area contributed by atoms with Crippen LogP contribution in [0.4, 0.5) is 8.78 Å². The van der Waals surface area contributed by atoms with Gasteiger partial charge in [0.05, 0.1) is 11.4 Å². The molecular formula is C22H25F2N3O5S. The lowest BCUT2D eigenvalue weighted by Crippen LogP contribution is -2.52. The monoisotopic (exact) mass is 481 g/mol. The zero-order chi connectivity index (χ0) is 23.6. The average Bonchev–Trinajstić information content (AvgIpc) is 2.80. The zero-order valence-electron chi connectivity index (χ0n) is 18.2. The van der Waals surface area contributed by atoms with Crippen LogP contribution in [-0.2, 0) is 21.4 Å². The topological polar surface area (TPSA) is 79.4 Å². The summed E-state index contributed by atoms with van der Waals surface area (Å²) in [5, 5.41) is 0. The SMILES string of the molecule is CN(CC(=O)N1CCN(S(=O)(=O)c2ccc3c(c2)OCCO3)CC1)Cc1ccc(F)cc1F. The van der Waals surface area contributed by atoms with Crippen LogP contribution in [-0.4, -0.2) is 81.4 Å². The van der Waals surface area contributed by atoms with Crippen molar-refractivity contribution >= 4 is 15.9 Å². The zero-order valence-corrected chi connectivity index (χ0v) is 19.0. The summed E-state index contributed by atoms with van der Waals surface area (Å²) in [7, 11) is -2.07. The minimum Gasteiger partial charge on any atom is -0.486 e. The van der Waals surface area contributed by atoms with Crippen LogP contribution in [0.2, 0.25) is 0 Å². The number of amides is 1. The van der Waals surface area contributed by atoms with E-state index in [2.05, 4.69) is 0 Å². The van der Waals surface area contributed by atoms with E-state index in [-0.39, 0.29) is 50.1 Å². The van der Waals surface area contributed by atoms with E-state index in [9.17, 15) is 22.0 Å². The fraction of sp³-hybridized carbons (Fsp3) is 0.409. The molecule has 0 unspecified atom stereocenters. The molecule has 1 saturated heterocycles. The Balaban J connectivity index is 1.32.